The zero-order valence-electron chi connectivity index (χ0n) is 16.6. The van der Waals surface area contributed by atoms with Crippen LogP contribution >= 0.6 is 11.3 Å². The van der Waals surface area contributed by atoms with E-state index in [2.05, 4.69) is 20.4 Å². The van der Waals surface area contributed by atoms with Crippen LogP contribution in [0.4, 0.5) is 9.93 Å². The number of amides is 4. The summed E-state index contributed by atoms with van der Waals surface area (Å²) in [5.74, 6) is -1.63. The quantitative estimate of drug-likeness (QED) is 0.491. The fourth-order valence-electron chi connectivity index (χ4n) is 3.15. The number of urea groups is 1. The molecule has 0 spiro atoms. The van der Waals surface area contributed by atoms with Gasteiger partial charge in [0.15, 0.2) is 10.8 Å². The van der Waals surface area contributed by atoms with Gasteiger partial charge in [0.2, 0.25) is 5.91 Å². The number of aromatic nitrogens is 1. The molecule has 2 heterocycles. The van der Waals surface area contributed by atoms with Gasteiger partial charge in [-0.3, -0.25) is 9.59 Å². The van der Waals surface area contributed by atoms with Crippen LogP contribution in [0.15, 0.2) is 35.7 Å². The summed E-state index contributed by atoms with van der Waals surface area (Å²) in [4.78, 5) is 55.1. The third kappa shape index (κ3) is 4.48. The number of imide groups is 1. The van der Waals surface area contributed by atoms with Gasteiger partial charge in [-0.05, 0) is 12.0 Å². The van der Waals surface area contributed by atoms with Crippen LogP contribution in [0, 0.1) is 0 Å². The third-order valence-corrected chi connectivity index (χ3v) is 5.44. The Bertz CT molecular complexity index is 946. The summed E-state index contributed by atoms with van der Waals surface area (Å²) in [6.45, 7) is 1.96. The number of unbranched alkanes of at least 4 members (excludes halogenated alkanes) is 1. The second-order valence-electron chi connectivity index (χ2n) is 6.68. The maximum atomic E-state index is 13.0. The number of ether oxygens (including phenoxy) is 1. The number of hydrogen-bond donors (Lipinski definition) is 2. The number of benzene rings is 1. The van der Waals surface area contributed by atoms with Crippen LogP contribution in [0.5, 0.6) is 0 Å². The molecule has 158 valence electrons. The van der Waals surface area contributed by atoms with Crippen LogP contribution < -0.4 is 10.6 Å². The van der Waals surface area contributed by atoms with Crippen LogP contribution in [-0.4, -0.2) is 46.9 Å². The Morgan fingerprint density at radius 2 is 2.03 bits per heavy atom. The van der Waals surface area contributed by atoms with Gasteiger partial charge in [-0.15, -0.1) is 11.3 Å². The van der Waals surface area contributed by atoms with Gasteiger partial charge in [0.1, 0.15) is 12.1 Å². The molecule has 1 aromatic carbocycles. The molecule has 10 heteroatoms. The smallest absolute Gasteiger partial charge is 0.357 e. The van der Waals surface area contributed by atoms with E-state index in [1.54, 1.807) is 24.3 Å². The van der Waals surface area contributed by atoms with Crippen molar-refractivity contribution in [1.82, 2.24) is 15.2 Å². The summed E-state index contributed by atoms with van der Waals surface area (Å²) >= 11 is 1.06. The predicted octanol–water partition coefficient (Wildman–Crippen LogP) is 2.72. The van der Waals surface area contributed by atoms with E-state index in [4.69, 9.17) is 0 Å². The monoisotopic (exact) mass is 430 g/mol. The summed E-state index contributed by atoms with van der Waals surface area (Å²) in [5.41, 5.74) is 0.720. The fourth-order valence-corrected chi connectivity index (χ4v) is 3.84. The molecule has 1 aliphatic heterocycles. The van der Waals surface area contributed by atoms with Crippen LogP contribution in [0.2, 0.25) is 0 Å². The summed E-state index contributed by atoms with van der Waals surface area (Å²) in [6.07, 6.45) is 1.76. The van der Waals surface area contributed by atoms with Crippen LogP contribution in [0.1, 0.15) is 48.3 Å². The number of rotatable bonds is 8. The summed E-state index contributed by atoms with van der Waals surface area (Å²) in [5, 5.41) is 6.91. The van der Waals surface area contributed by atoms with Gasteiger partial charge in [-0.1, -0.05) is 50.1 Å². The molecule has 0 unspecified atom stereocenters. The molecule has 1 aliphatic rings. The number of anilines is 1. The van der Waals surface area contributed by atoms with E-state index in [0.29, 0.717) is 18.4 Å². The lowest BCUT2D eigenvalue weighted by atomic mass is 10.0. The Labute approximate surface area is 177 Å². The minimum atomic E-state index is -0.989. The topological polar surface area (TPSA) is 118 Å². The maximum Gasteiger partial charge on any atom is 0.357 e. The fraction of sp³-hybridized carbons (Fsp3) is 0.350. The third-order valence-electron chi connectivity index (χ3n) is 4.68. The second-order valence-corrected chi connectivity index (χ2v) is 7.54. The minimum Gasteiger partial charge on any atom is -0.464 e. The molecule has 30 heavy (non-hydrogen) atoms. The molecule has 9 nitrogen and oxygen atoms in total. The SMILES string of the molecule is CCCC[C@@H](C(=O)Nc1nc(C(=O)OC)cs1)N1C(=O)N[C@@H](c2ccccc2)C1=O. The van der Waals surface area contributed by atoms with Crippen molar-refractivity contribution in [3.05, 3.63) is 47.0 Å². The zero-order chi connectivity index (χ0) is 21.7. The molecule has 1 fully saturated rings. The predicted molar refractivity (Wildman–Crippen MR) is 110 cm³/mol. The highest BCUT2D eigenvalue weighted by Gasteiger charge is 2.45. The average Bonchev–Trinajstić information content (AvgIpc) is 3.33. The van der Waals surface area contributed by atoms with E-state index in [0.717, 1.165) is 22.7 Å². The lowest BCUT2D eigenvalue weighted by Gasteiger charge is -2.24. The zero-order valence-corrected chi connectivity index (χ0v) is 17.4. The molecule has 2 N–H and O–H groups in total. The van der Waals surface area contributed by atoms with E-state index < -0.39 is 35.9 Å². The van der Waals surface area contributed by atoms with Gasteiger partial charge in [0, 0.05) is 5.38 Å². The van der Waals surface area contributed by atoms with E-state index in [1.807, 2.05) is 13.0 Å². The number of carbonyl (C=O) groups excluding carboxylic acids is 4. The lowest BCUT2D eigenvalue weighted by molar-refractivity contribution is -0.134. The first-order valence-electron chi connectivity index (χ1n) is 9.49. The van der Waals surface area contributed by atoms with Crippen molar-refractivity contribution >= 4 is 40.3 Å². The Kier molecular flexibility index (Phi) is 6.78. The van der Waals surface area contributed by atoms with Crippen LogP contribution in [-0.2, 0) is 14.3 Å². The van der Waals surface area contributed by atoms with Gasteiger partial charge in [0.25, 0.3) is 5.91 Å². The van der Waals surface area contributed by atoms with Crippen molar-refractivity contribution in [2.24, 2.45) is 0 Å². The average molecular weight is 430 g/mol. The standard InChI is InChI=1S/C20H22N4O5S/c1-3-4-10-14(16(25)23-19-21-13(11-30-19)18(27)29-2)24-17(26)15(22-20(24)28)12-8-6-5-7-9-12/h5-9,11,14-15H,3-4,10H2,1-2H3,(H,22,28)(H,21,23,25)/t14-,15-/m0/s1. The summed E-state index contributed by atoms with van der Waals surface area (Å²) in [7, 11) is 1.24. The Morgan fingerprint density at radius 1 is 1.30 bits per heavy atom. The molecule has 0 bridgehead atoms. The number of esters is 1. The Morgan fingerprint density at radius 3 is 2.70 bits per heavy atom. The Hall–Kier alpha value is -3.27. The van der Waals surface area contributed by atoms with Crippen molar-refractivity contribution in [2.45, 2.75) is 38.3 Å². The number of nitrogens with one attached hydrogen (secondary N) is 2. The highest BCUT2D eigenvalue weighted by Crippen LogP contribution is 2.26. The first-order valence-corrected chi connectivity index (χ1v) is 10.4. The molecule has 0 saturated carbocycles. The summed E-state index contributed by atoms with van der Waals surface area (Å²) in [6, 6.07) is 6.43. The van der Waals surface area contributed by atoms with Crippen molar-refractivity contribution in [1.29, 1.82) is 0 Å². The molecule has 1 aromatic heterocycles. The molecule has 3 rings (SSSR count). The highest BCUT2D eigenvalue weighted by atomic mass is 32.1. The van der Waals surface area contributed by atoms with E-state index in [1.165, 1.54) is 12.5 Å². The number of nitrogens with zero attached hydrogens (tertiary/aromatic N) is 2. The van der Waals surface area contributed by atoms with Crippen molar-refractivity contribution < 1.29 is 23.9 Å². The van der Waals surface area contributed by atoms with Gasteiger partial charge < -0.3 is 15.4 Å². The first-order chi connectivity index (χ1) is 14.5. The Balaban J connectivity index is 1.80. The second kappa shape index (κ2) is 9.49. The number of methoxy groups -OCH3 is 1. The minimum absolute atomic E-state index is 0.0713. The lowest BCUT2D eigenvalue weighted by Crippen LogP contribution is -2.47. The maximum absolute atomic E-state index is 13.0. The van der Waals surface area contributed by atoms with Gasteiger partial charge in [-0.2, -0.15) is 0 Å². The molecule has 2 aromatic rings. The van der Waals surface area contributed by atoms with Crippen molar-refractivity contribution in [2.75, 3.05) is 12.4 Å². The number of hydrogen-bond acceptors (Lipinski definition) is 7. The van der Waals surface area contributed by atoms with E-state index in [9.17, 15) is 19.2 Å². The van der Waals surface area contributed by atoms with Crippen LogP contribution in [0.3, 0.4) is 0 Å². The van der Waals surface area contributed by atoms with Crippen molar-refractivity contribution in [3.8, 4) is 0 Å². The summed E-state index contributed by atoms with van der Waals surface area (Å²) < 4.78 is 4.61. The molecule has 1 saturated heterocycles. The van der Waals surface area contributed by atoms with Gasteiger partial charge in [-0.25, -0.2) is 19.5 Å². The van der Waals surface area contributed by atoms with Gasteiger partial charge in [0.05, 0.1) is 7.11 Å². The molecular formula is C20H22N4O5S. The molecule has 4 amide bonds. The first kappa shape index (κ1) is 21.4. The molecule has 2 atom stereocenters. The highest BCUT2D eigenvalue weighted by molar-refractivity contribution is 7.14. The number of thiazole rings is 1. The van der Waals surface area contributed by atoms with Gasteiger partial charge >= 0.3 is 12.0 Å². The largest absolute Gasteiger partial charge is 0.464 e. The number of carbonyl (C=O) groups is 4. The van der Waals surface area contributed by atoms with Crippen LogP contribution in [0.25, 0.3) is 0 Å². The van der Waals surface area contributed by atoms with E-state index >= 15 is 0 Å². The van der Waals surface area contributed by atoms with E-state index in [-0.39, 0.29) is 10.8 Å². The van der Waals surface area contributed by atoms with Crippen molar-refractivity contribution in [3.63, 3.8) is 0 Å². The molecule has 0 aliphatic carbocycles. The normalized spacial score (nSPS) is 16.9. The molecular weight excluding hydrogens is 408 g/mol. The molecule has 0 radical (unpaired) electrons.